The molecule has 0 aromatic heterocycles. The van der Waals surface area contributed by atoms with E-state index in [-0.39, 0.29) is 16.8 Å². The van der Waals surface area contributed by atoms with Gasteiger partial charge in [-0.3, -0.25) is 19.7 Å². The molecule has 1 heterocycles. The van der Waals surface area contributed by atoms with Crippen LogP contribution < -0.4 is 4.90 Å². The number of rotatable bonds is 2. The van der Waals surface area contributed by atoms with Crippen molar-refractivity contribution in [2.75, 3.05) is 4.90 Å². The monoisotopic (exact) mass is 408 g/mol. The molecule has 0 aliphatic carbocycles. The molecule has 3 rings (SSSR count). The minimum Gasteiger partial charge on any atom is -0.268 e. The SMILES string of the molecule is Cc1ccc(I)cc1N1C(=O)c2cccc([N+](=O)[O-])c2C1=O. The number of hydrogen-bond acceptors (Lipinski definition) is 4. The van der Waals surface area contributed by atoms with Crippen LogP contribution in [-0.4, -0.2) is 16.7 Å². The van der Waals surface area contributed by atoms with Crippen LogP contribution in [-0.2, 0) is 0 Å². The second kappa shape index (κ2) is 5.16. The number of anilines is 1. The Morgan fingerprint density at radius 2 is 1.86 bits per heavy atom. The van der Waals surface area contributed by atoms with Crippen molar-refractivity contribution in [1.82, 2.24) is 0 Å². The van der Waals surface area contributed by atoms with Crippen molar-refractivity contribution in [2.45, 2.75) is 6.92 Å². The zero-order chi connectivity index (χ0) is 16.0. The normalized spacial score (nSPS) is 13.5. The molecule has 2 aromatic rings. The highest BCUT2D eigenvalue weighted by atomic mass is 127. The van der Waals surface area contributed by atoms with Crippen molar-refractivity contribution in [3.63, 3.8) is 0 Å². The summed E-state index contributed by atoms with van der Waals surface area (Å²) in [7, 11) is 0. The summed E-state index contributed by atoms with van der Waals surface area (Å²) in [4.78, 5) is 36.6. The highest BCUT2D eigenvalue weighted by Crippen LogP contribution is 2.35. The topological polar surface area (TPSA) is 80.5 Å². The number of carbonyl (C=O) groups excluding carboxylic acids is 2. The maximum Gasteiger partial charge on any atom is 0.283 e. The lowest BCUT2D eigenvalue weighted by atomic mass is 10.1. The number of halogens is 1. The molecule has 22 heavy (non-hydrogen) atoms. The largest absolute Gasteiger partial charge is 0.283 e. The van der Waals surface area contributed by atoms with Crippen LogP contribution in [0.2, 0.25) is 0 Å². The van der Waals surface area contributed by atoms with Crippen molar-refractivity contribution >= 4 is 45.8 Å². The Morgan fingerprint density at radius 3 is 2.55 bits per heavy atom. The lowest BCUT2D eigenvalue weighted by molar-refractivity contribution is -0.385. The van der Waals surface area contributed by atoms with E-state index in [0.29, 0.717) is 5.69 Å². The minimum absolute atomic E-state index is 0.0671. The Morgan fingerprint density at radius 1 is 1.14 bits per heavy atom. The number of nitro groups is 1. The van der Waals surface area contributed by atoms with Gasteiger partial charge >= 0.3 is 0 Å². The molecule has 0 bridgehead atoms. The molecule has 2 amide bonds. The van der Waals surface area contributed by atoms with Crippen molar-refractivity contribution in [2.24, 2.45) is 0 Å². The lowest BCUT2D eigenvalue weighted by Crippen LogP contribution is -2.30. The molecule has 0 atom stereocenters. The fourth-order valence-electron chi connectivity index (χ4n) is 2.46. The second-order valence-electron chi connectivity index (χ2n) is 4.83. The zero-order valence-electron chi connectivity index (χ0n) is 11.4. The van der Waals surface area contributed by atoms with Crippen molar-refractivity contribution in [1.29, 1.82) is 0 Å². The molecule has 110 valence electrons. The number of benzene rings is 2. The molecule has 1 aliphatic rings. The predicted octanol–water partition coefficient (Wildman–Crippen LogP) is 3.31. The van der Waals surface area contributed by atoms with Crippen LogP contribution in [0, 0.1) is 20.6 Å². The quantitative estimate of drug-likeness (QED) is 0.331. The smallest absolute Gasteiger partial charge is 0.268 e. The van der Waals surface area contributed by atoms with Gasteiger partial charge in [0.15, 0.2) is 0 Å². The lowest BCUT2D eigenvalue weighted by Gasteiger charge is -2.16. The highest BCUT2D eigenvalue weighted by molar-refractivity contribution is 14.1. The summed E-state index contributed by atoms with van der Waals surface area (Å²) in [6, 6.07) is 9.45. The van der Waals surface area contributed by atoms with Gasteiger partial charge in [-0.25, -0.2) is 4.90 Å². The molecule has 7 heteroatoms. The molecule has 2 aromatic carbocycles. The number of nitrogens with zero attached hydrogens (tertiary/aromatic N) is 2. The van der Waals surface area contributed by atoms with E-state index in [9.17, 15) is 19.7 Å². The Bertz CT molecular complexity index is 847. The van der Waals surface area contributed by atoms with E-state index in [2.05, 4.69) is 22.6 Å². The number of amides is 2. The number of aryl methyl sites for hydroxylation is 1. The van der Waals surface area contributed by atoms with Crippen molar-refractivity contribution in [3.05, 3.63) is 66.8 Å². The van der Waals surface area contributed by atoms with Crippen molar-refractivity contribution < 1.29 is 14.5 Å². The number of hydrogen-bond donors (Lipinski definition) is 0. The van der Waals surface area contributed by atoms with E-state index in [4.69, 9.17) is 0 Å². The second-order valence-corrected chi connectivity index (χ2v) is 6.08. The summed E-state index contributed by atoms with van der Waals surface area (Å²) in [5.41, 5.74) is 0.778. The van der Waals surface area contributed by atoms with Crippen LogP contribution in [0.1, 0.15) is 26.3 Å². The predicted molar refractivity (Wildman–Crippen MR) is 88.1 cm³/mol. The molecule has 0 radical (unpaired) electrons. The first-order valence-corrected chi connectivity index (χ1v) is 7.42. The van der Waals surface area contributed by atoms with Crippen LogP contribution in [0.5, 0.6) is 0 Å². The molecule has 0 saturated heterocycles. The summed E-state index contributed by atoms with van der Waals surface area (Å²) in [6.07, 6.45) is 0. The Labute approximate surface area is 139 Å². The molecule has 0 fully saturated rings. The van der Waals surface area contributed by atoms with Gasteiger partial charge in [0, 0.05) is 9.64 Å². The van der Waals surface area contributed by atoms with Crippen LogP contribution in [0.3, 0.4) is 0 Å². The molecule has 0 unspecified atom stereocenters. The molecule has 0 saturated carbocycles. The fraction of sp³-hybridized carbons (Fsp3) is 0.0667. The third-order valence-electron chi connectivity index (χ3n) is 3.50. The van der Waals surface area contributed by atoms with Crippen LogP contribution >= 0.6 is 22.6 Å². The van der Waals surface area contributed by atoms with Gasteiger partial charge < -0.3 is 0 Å². The average molecular weight is 408 g/mol. The Hall–Kier alpha value is -2.29. The number of imide groups is 1. The Kier molecular flexibility index (Phi) is 3.44. The van der Waals surface area contributed by atoms with E-state index in [1.54, 1.807) is 19.1 Å². The van der Waals surface area contributed by atoms with E-state index in [1.807, 2.05) is 6.07 Å². The molecular formula is C15H9IN2O4. The Balaban J connectivity index is 2.21. The van der Waals surface area contributed by atoms with Gasteiger partial charge in [0.25, 0.3) is 17.5 Å². The molecule has 0 N–H and O–H groups in total. The summed E-state index contributed by atoms with van der Waals surface area (Å²) in [5, 5.41) is 11.1. The van der Waals surface area contributed by atoms with Gasteiger partial charge in [-0.15, -0.1) is 0 Å². The third kappa shape index (κ3) is 2.08. The molecule has 1 aliphatic heterocycles. The summed E-state index contributed by atoms with van der Waals surface area (Å²) >= 11 is 2.08. The standard InChI is InChI=1S/C15H9IN2O4/c1-8-5-6-9(16)7-12(8)17-14(19)10-3-2-4-11(18(21)22)13(10)15(17)20/h2-7H,1H3. The molecule has 6 nitrogen and oxygen atoms in total. The van der Waals surface area contributed by atoms with Gasteiger partial charge in [-0.2, -0.15) is 0 Å². The molecule has 0 spiro atoms. The van der Waals surface area contributed by atoms with Gasteiger partial charge in [-0.1, -0.05) is 12.1 Å². The highest BCUT2D eigenvalue weighted by Gasteiger charge is 2.42. The fourth-order valence-corrected chi connectivity index (χ4v) is 2.94. The van der Waals surface area contributed by atoms with Crippen LogP contribution in [0.4, 0.5) is 11.4 Å². The summed E-state index contributed by atoms with van der Waals surface area (Å²) < 4.78 is 0.865. The average Bonchev–Trinajstić information content (AvgIpc) is 2.74. The van der Waals surface area contributed by atoms with E-state index in [0.717, 1.165) is 14.0 Å². The third-order valence-corrected chi connectivity index (χ3v) is 4.17. The van der Waals surface area contributed by atoms with E-state index < -0.39 is 16.7 Å². The van der Waals surface area contributed by atoms with Crippen LogP contribution in [0.15, 0.2) is 36.4 Å². The van der Waals surface area contributed by atoms with Gasteiger partial charge in [-0.05, 0) is 53.3 Å². The first kappa shape index (κ1) is 14.6. The van der Waals surface area contributed by atoms with Gasteiger partial charge in [0.1, 0.15) is 5.56 Å². The summed E-state index contributed by atoms with van der Waals surface area (Å²) in [6.45, 7) is 1.78. The number of carbonyl (C=O) groups is 2. The minimum atomic E-state index is -0.655. The van der Waals surface area contributed by atoms with Crippen molar-refractivity contribution in [3.8, 4) is 0 Å². The molecular weight excluding hydrogens is 399 g/mol. The summed E-state index contributed by atoms with van der Waals surface area (Å²) in [5.74, 6) is -1.19. The maximum atomic E-state index is 12.6. The van der Waals surface area contributed by atoms with E-state index in [1.165, 1.54) is 18.2 Å². The van der Waals surface area contributed by atoms with Gasteiger partial charge in [0.2, 0.25) is 0 Å². The first-order valence-electron chi connectivity index (χ1n) is 6.34. The van der Waals surface area contributed by atoms with E-state index >= 15 is 0 Å². The first-order chi connectivity index (χ1) is 10.4. The van der Waals surface area contributed by atoms with Crippen LogP contribution in [0.25, 0.3) is 0 Å². The number of fused-ring (bicyclic) bond motifs is 1. The zero-order valence-corrected chi connectivity index (χ0v) is 13.5. The van der Waals surface area contributed by atoms with Gasteiger partial charge in [0.05, 0.1) is 16.2 Å². The number of nitro benzene ring substituents is 1. The maximum absolute atomic E-state index is 12.6.